The van der Waals surface area contributed by atoms with Gasteiger partial charge in [0.05, 0.1) is 19.3 Å². The van der Waals surface area contributed by atoms with E-state index in [0.29, 0.717) is 19.1 Å². The maximum absolute atomic E-state index is 10.5. The van der Waals surface area contributed by atoms with E-state index < -0.39 is 6.10 Å². The fourth-order valence-electron chi connectivity index (χ4n) is 3.84. The predicted octanol–water partition coefficient (Wildman–Crippen LogP) is 4.53. The zero-order valence-corrected chi connectivity index (χ0v) is 14.5. The molecule has 0 unspecified atom stereocenters. The van der Waals surface area contributed by atoms with Gasteiger partial charge in [0.1, 0.15) is 0 Å². The summed E-state index contributed by atoms with van der Waals surface area (Å²) in [6.45, 7) is 1.69. The van der Waals surface area contributed by atoms with Gasteiger partial charge in [-0.2, -0.15) is 0 Å². The van der Waals surface area contributed by atoms with Crippen molar-refractivity contribution in [2.45, 2.75) is 31.9 Å². The number of benzene rings is 2. The molecule has 0 fully saturated rings. The van der Waals surface area contributed by atoms with E-state index in [0.717, 1.165) is 19.4 Å². The number of nitrogens with zero attached hydrogens (tertiary/aromatic N) is 1. The third-order valence-corrected chi connectivity index (χ3v) is 5.11. The van der Waals surface area contributed by atoms with Crippen LogP contribution in [-0.4, -0.2) is 29.0 Å². The van der Waals surface area contributed by atoms with E-state index in [9.17, 15) is 5.11 Å². The predicted molar refractivity (Wildman–Crippen MR) is 103 cm³/mol. The van der Waals surface area contributed by atoms with Crippen molar-refractivity contribution in [1.29, 1.82) is 0 Å². The molecule has 0 amide bonds. The Morgan fingerprint density at radius 2 is 1.68 bits per heavy atom. The van der Waals surface area contributed by atoms with Crippen molar-refractivity contribution in [3.63, 3.8) is 0 Å². The van der Waals surface area contributed by atoms with E-state index >= 15 is 0 Å². The lowest BCUT2D eigenvalue weighted by molar-refractivity contribution is 0.0136. The molecule has 0 spiro atoms. The molecule has 0 saturated carbocycles. The van der Waals surface area contributed by atoms with E-state index in [4.69, 9.17) is 4.74 Å². The average molecular weight is 335 g/mol. The van der Waals surface area contributed by atoms with Crippen LogP contribution < -0.4 is 0 Å². The summed E-state index contributed by atoms with van der Waals surface area (Å²) >= 11 is 0. The molecule has 130 valence electrons. The summed E-state index contributed by atoms with van der Waals surface area (Å²) in [4.78, 5) is 0. The molecule has 0 aliphatic heterocycles. The van der Waals surface area contributed by atoms with Gasteiger partial charge in [-0.05, 0) is 37.3 Å². The molecule has 3 heteroatoms. The van der Waals surface area contributed by atoms with Crippen LogP contribution in [0.2, 0.25) is 0 Å². The highest BCUT2D eigenvalue weighted by Crippen LogP contribution is 2.28. The number of rotatable bonds is 6. The molecule has 3 nitrogen and oxygen atoms in total. The van der Waals surface area contributed by atoms with Crippen LogP contribution >= 0.6 is 0 Å². The molecule has 1 N–H and O–H groups in total. The van der Waals surface area contributed by atoms with Gasteiger partial charge in [0.15, 0.2) is 0 Å². The lowest BCUT2D eigenvalue weighted by Crippen LogP contribution is -2.24. The van der Waals surface area contributed by atoms with Gasteiger partial charge in [-0.3, -0.25) is 0 Å². The van der Waals surface area contributed by atoms with Crippen molar-refractivity contribution in [2.24, 2.45) is 5.92 Å². The number of para-hydroxylation sites is 2. The number of aliphatic hydroxyl groups excluding tert-OH is 1. The Balaban J connectivity index is 1.46. The molecule has 0 radical (unpaired) electrons. The number of aromatic nitrogens is 1. The minimum Gasteiger partial charge on any atom is -0.389 e. The van der Waals surface area contributed by atoms with E-state index in [1.54, 1.807) is 0 Å². The smallest absolute Gasteiger partial charge is 0.0952 e. The van der Waals surface area contributed by atoms with Crippen molar-refractivity contribution < 1.29 is 9.84 Å². The van der Waals surface area contributed by atoms with Gasteiger partial charge in [-0.25, -0.2) is 0 Å². The first kappa shape index (κ1) is 16.4. The van der Waals surface area contributed by atoms with Gasteiger partial charge >= 0.3 is 0 Å². The second-order valence-corrected chi connectivity index (χ2v) is 6.99. The summed E-state index contributed by atoms with van der Waals surface area (Å²) in [6.07, 6.45) is 7.43. The molecule has 2 aromatic carbocycles. The molecular weight excluding hydrogens is 310 g/mol. The third-order valence-electron chi connectivity index (χ3n) is 5.11. The first-order valence-corrected chi connectivity index (χ1v) is 9.19. The van der Waals surface area contributed by atoms with E-state index in [-0.39, 0.29) is 0 Å². The quantitative estimate of drug-likeness (QED) is 0.672. The number of fused-ring (bicyclic) bond motifs is 3. The second kappa shape index (κ2) is 7.42. The molecular formula is C22H25NO2. The first-order valence-electron chi connectivity index (χ1n) is 9.19. The number of aliphatic hydroxyl groups is 1. The average Bonchev–Trinajstić information content (AvgIpc) is 2.97. The largest absolute Gasteiger partial charge is 0.389 e. The summed E-state index contributed by atoms with van der Waals surface area (Å²) in [6, 6.07) is 16.8. The zero-order chi connectivity index (χ0) is 17.1. The lowest BCUT2D eigenvalue weighted by Gasteiger charge is -2.19. The Hall–Kier alpha value is -2.10. The molecule has 0 saturated heterocycles. The molecule has 0 bridgehead atoms. The van der Waals surface area contributed by atoms with Crippen LogP contribution in [0.5, 0.6) is 0 Å². The number of hydrogen-bond acceptors (Lipinski definition) is 2. The van der Waals surface area contributed by atoms with Gasteiger partial charge in [0.2, 0.25) is 0 Å². The second-order valence-electron chi connectivity index (χ2n) is 6.99. The molecule has 3 aromatic rings. The van der Waals surface area contributed by atoms with E-state index in [2.05, 4.69) is 65.3 Å². The van der Waals surface area contributed by atoms with Crippen LogP contribution in [0.4, 0.5) is 0 Å². The number of hydrogen-bond donors (Lipinski definition) is 1. The van der Waals surface area contributed by atoms with Crippen LogP contribution in [0.15, 0.2) is 60.7 Å². The topological polar surface area (TPSA) is 34.4 Å². The molecule has 25 heavy (non-hydrogen) atoms. The summed E-state index contributed by atoms with van der Waals surface area (Å²) in [5, 5.41) is 13.0. The van der Waals surface area contributed by atoms with Crippen LogP contribution in [0.3, 0.4) is 0 Å². The molecule has 2 atom stereocenters. The van der Waals surface area contributed by atoms with Crippen molar-refractivity contribution in [3.8, 4) is 0 Å². The van der Waals surface area contributed by atoms with E-state index in [1.165, 1.54) is 28.2 Å². The zero-order valence-electron chi connectivity index (χ0n) is 14.5. The van der Waals surface area contributed by atoms with Gasteiger partial charge < -0.3 is 14.4 Å². The highest BCUT2D eigenvalue weighted by Gasteiger charge is 2.15. The highest BCUT2D eigenvalue weighted by molar-refractivity contribution is 6.07. The molecule has 1 aliphatic carbocycles. The Bertz CT molecular complexity index is 827. The molecule has 1 heterocycles. The van der Waals surface area contributed by atoms with Crippen molar-refractivity contribution in [1.82, 2.24) is 4.57 Å². The normalized spacial score (nSPS) is 18.8. The van der Waals surface area contributed by atoms with Gasteiger partial charge in [0, 0.05) is 28.4 Å². The maximum Gasteiger partial charge on any atom is 0.0952 e. The third kappa shape index (κ3) is 3.48. The summed E-state index contributed by atoms with van der Waals surface area (Å²) in [5.74, 6) is 0.602. The fourth-order valence-corrected chi connectivity index (χ4v) is 3.84. The monoisotopic (exact) mass is 335 g/mol. The standard InChI is InChI=1S/C22H25NO2/c24-18(16-25-15-17-8-2-1-3-9-17)14-23-21-12-6-4-10-19(21)20-11-5-7-13-22(20)23/h1-2,4-7,10-13,17-18,24H,3,8-9,14-16H2/t17-,18+/m0/s1. The summed E-state index contributed by atoms with van der Waals surface area (Å²) in [7, 11) is 0. The Kier molecular flexibility index (Phi) is 4.86. The van der Waals surface area contributed by atoms with Crippen LogP contribution in [0.25, 0.3) is 21.8 Å². The van der Waals surface area contributed by atoms with Crippen LogP contribution in [0.1, 0.15) is 19.3 Å². The number of allylic oxidation sites excluding steroid dienone is 2. The molecule has 1 aliphatic rings. The van der Waals surface area contributed by atoms with Gasteiger partial charge in [0.25, 0.3) is 0 Å². The summed E-state index contributed by atoms with van der Waals surface area (Å²) in [5.41, 5.74) is 2.33. The highest BCUT2D eigenvalue weighted by atomic mass is 16.5. The SMILES string of the molecule is O[C@@H](COC[C@H]1CC=CCC1)Cn1c2ccccc2c2ccccc21. The summed E-state index contributed by atoms with van der Waals surface area (Å²) < 4.78 is 8.02. The van der Waals surface area contributed by atoms with Crippen molar-refractivity contribution in [3.05, 3.63) is 60.7 Å². The maximum atomic E-state index is 10.5. The van der Waals surface area contributed by atoms with E-state index in [1.807, 2.05) is 0 Å². The van der Waals surface area contributed by atoms with Gasteiger partial charge in [-0.1, -0.05) is 48.6 Å². The Labute approximate surface area is 148 Å². The number of ether oxygens (including phenoxy) is 1. The Morgan fingerprint density at radius 3 is 2.32 bits per heavy atom. The van der Waals surface area contributed by atoms with Crippen molar-refractivity contribution in [2.75, 3.05) is 13.2 Å². The van der Waals surface area contributed by atoms with Crippen LogP contribution in [0, 0.1) is 5.92 Å². The molecule has 1 aromatic heterocycles. The van der Waals surface area contributed by atoms with Crippen molar-refractivity contribution >= 4 is 21.8 Å². The van der Waals surface area contributed by atoms with Gasteiger partial charge in [-0.15, -0.1) is 0 Å². The first-order chi connectivity index (χ1) is 12.3. The minimum atomic E-state index is -0.502. The Morgan fingerprint density at radius 1 is 1.00 bits per heavy atom. The lowest BCUT2D eigenvalue weighted by atomic mass is 9.95. The fraction of sp³-hybridized carbons (Fsp3) is 0.364. The van der Waals surface area contributed by atoms with Crippen LogP contribution in [-0.2, 0) is 11.3 Å². The molecule has 4 rings (SSSR count). The minimum absolute atomic E-state index is 0.390.